The molecule has 0 saturated carbocycles. The maximum absolute atomic E-state index is 12.8. The molecule has 0 aromatic carbocycles. The van der Waals surface area contributed by atoms with Crippen molar-refractivity contribution in [3.63, 3.8) is 0 Å². The van der Waals surface area contributed by atoms with Gasteiger partial charge >= 0.3 is 0 Å². The molecular weight excluding hydrogens is 263 g/mol. The number of pyridine rings is 1. The predicted molar refractivity (Wildman–Crippen MR) is 48.3 cm³/mol. The average molecular weight is 270 g/mol. The zero-order valence-electron chi connectivity index (χ0n) is 7.23. The Hall–Kier alpha value is -0.780. The van der Waals surface area contributed by atoms with Crippen LogP contribution in [0.4, 0.5) is 13.2 Å². The number of hydrogen-bond donors (Lipinski definition) is 0. The molecule has 0 N–H and O–H groups in total. The third-order valence-corrected chi connectivity index (χ3v) is 2.16. The first kappa shape index (κ1) is 11.3. The van der Waals surface area contributed by atoms with Crippen LogP contribution in [0.2, 0.25) is 0 Å². The van der Waals surface area contributed by atoms with Crippen LogP contribution in [0.25, 0.3) is 0 Å². The molecule has 0 amide bonds. The topological polar surface area (TPSA) is 22.1 Å². The van der Waals surface area contributed by atoms with E-state index in [1.807, 2.05) is 0 Å². The van der Waals surface area contributed by atoms with Crippen molar-refractivity contribution in [1.29, 1.82) is 0 Å². The fourth-order valence-corrected chi connectivity index (χ4v) is 1.48. The first-order valence-corrected chi connectivity index (χ1v) is 4.79. The molecule has 2 nitrogen and oxygen atoms in total. The van der Waals surface area contributed by atoms with Crippen LogP contribution in [0, 0.1) is 5.95 Å². The molecular formula is C8H7BrF3NO. The predicted octanol–water partition coefficient (Wildman–Crippen LogP) is 3.06. The highest BCUT2D eigenvalue weighted by Gasteiger charge is 2.20. The van der Waals surface area contributed by atoms with Crippen molar-refractivity contribution < 1.29 is 17.9 Å². The van der Waals surface area contributed by atoms with Crippen LogP contribution in [0.1, 0.15) is 17.7 Å². The average Bonchev–Trinajstić information content (AvgIpc) is 2.15. The van der Waals surface area contributed by atoms with E-state index in [2.05, 4.69) is 25.7 Å². The molecule has 0 bridgehead atoms. The fraction of sp³-hybridized carbons (Fsp3) is 0.375. The molecule has 0 unspecified atom stereocenters. The van der Waals surface area contributed by atoms with Crippen LogP contribution in [0.5, 0.6) is 5.75 Å². The maximum Gasteiger partial charge on any atom is 0.269 e. The summed E-state index contributed by atoms with van der Waals surface area (Å²) < 4.78 is 42.5. The minimum Gasteiger partial charge on any atom is -0.496 e. The minimum atomic E-state index is -2.73. The fourth-order valence-electron chi connectivity index (χ4n) is 1.05. The van der Waals surface area contributed by atoms with Gasteiger partial charge in [-0.3, -0.25) is 0 Å². The van der Waals surface area contributed by atoms with Crippen molar-refractivity contribution in [3.05, 3.63) is 23.3 Å². The first-order chi connectivity index (χ1) is 6.60. The van der Waals surface area contributed by atoms with Gasteiger partial charge in [0.25, 0.3) is 6.43 Å². The molecule has 78 valence electrons. The van der Waals surface area contributed by atoms with Gasteiger partial charge in [-0.05, 0) is 0 Å². The van der Waals surface area contributed by atoms with Crippen LogP contribution in [-0.2, 0) is 5.33 Å². The first-order valence-electron chi connectivity index (χ1n) is 3.67. The molecule has 0 spiro atoms. The third-order valence-electron chi connectivity index (χ3n) is 1.63. The number of rotatable bonds is 3. The molecule has 1 heterocycles. The zero-order valence-corrected chi connectivity index (χ0v) is 8.82. The normalized spacial score (nSPS) is 10.7. The summed E-state index contributed by atoms with van der Waals surface area (Å²) in [5.41, 5.74) is -0.414. The molecule has 0 atom stereocenters. The van der Waals surface area contributed by atoms with E-state index in [4.69, 9.17) is 0 Å². The Labute approximate surface area is 87.2 Å². The Morgan fingerprint density at radius 1 is 1.57 bits per heavy atom. The van der Waals surface area contributed by atoms with Crippen LogP contribution >= 0.6 is 15.9 Å². The molecule has 0 radical (unpaired) electrons. The number of aromatic nitrogens is 1. The second kappa shape index (κ2) is 4.63. The van der Waals surface area contributed by atoms with E-state index in [0.29, 0.717) is 0 Å². The highest BCUT2D eigenvalue weighted by Crippen LogP contribution is 2.32. The summed E-state index contributed by atoms with van der Waals surface area (Å²) in [7, 11) is 1.21. The van der Waals surface area contributed by atoms with Gasteiger partial charge < -0.3 is 4.74 Å². The summed E-state index contributed by atoms with van der Waals surface area (Å²) in [5.74, 6) is -1.01. The summed E-state index contributed by atoms with van der Waals surface area (Å²) in [5, 5.41) is 0.0563. The monoisotopic (exact) mass is 269 g/mol. The molecule has 0 aliphatic heterocycles. The Morgan fingerprint density at radius 2 is 2.21 bits per heavy atom. The Balaban J connectivity index is 3.33. The van der Waals surface area contributed by atoms with Gasteiger partial charge in [0.1, 0.15) is 5.75 Å². The number of halogens is 4. The molecule has 0 aliphatic rings. The molecule has 1 aromatic heterocycles. The van der Waals surface area contributed by atoms with Gasteiger partial charge in [0.2, 0.25) is 5.95 Å². The minimum absolute atomic E-state index is 0.0446. The summed E-state index contributed by atoms with van der Waals surface area (Å²) in [6.07, 6.45) is -2.73. The quantitative estimate of drug-likeness (QED) is 0.622. The number of hydrogen-bond acceptors (Lipinski definition) is 2. The Kier molecular flexibility index (Phi) is 3.74. The molecule has 1 aromatic rings. The maximum atomic E-state index is 12.8. The SMILES string of the molecule is COc1cc(F)nc(CBr)c1C(F)F. The van der Waals surface area contributed by atoms with Gasteiger partial charge in [0.05, 0.1) is 18.4 Å². The highest BCUT2D eigenvalue weighted by molar-refractivity contribution is 9.08. The molecule has 6 heteroatoms. The van der Waals surface area contributed by atoms with Gasteiger partial charge in [-0.25, -0.2) is 13.8 Å². The van der Waals surface area contributed by atoms with E-state index in [-0.39, 0.29) is 22.3 Å². The standard InChI is InChI=1S/C8H7BrF3NO/c1-14-5-2-6(10)13-4(3-9)7(5)8(11)12/h2,8H,3H2,1H3. The van der Waals surface area contributed by atoms with Gasteiger partial charge in [-0.2, -0.15) is 4.39 Å². The van der Waals surface area contributed by atoms with Gasteiger partial charge in [-0.1, -0.05) is 15.9 Å². The van der Waals surface area contributed by atoms with Gasteiger partial charge in [0.15, 0.2) is 0 Å². The van der Waals surface area contributed by atoms with Crippen molar-refractivity contribution in [3.8, 4) is 5.75 Å². The zero-order chi connectivity index (χ0) is 10.7. The Bertz CT molecular complexity index is 307. The smallest absolute Gasteiger partial charge is 0.269 e. The summed E-state index contributed by atoms with van der Waals surface area (Å²) in [6, 6.07) is 0.841. The lowest BCUT2D eigenvalue weighted by atomic mass is 10.2. The third kappa shape index (κ3) is 2.17. The largest absolute Gasteiger partial charge is 0.496 e. The van der Waals surface area contributed by atoms with Crippen molar-refractivity contribution in [2.45, 2.75) is 11.8 Å². The summed E-state index contributed by atoms with van der Waals surface area (Å²) >= 11 is 2.96. The van der Waals surface area contributed by atoms with E-state index in [1.54, 1.807) is 0 Å². The van der Waals surface area contributed by atoms with E-state index in [0.717, 1.165) is 6.07 Å². The summed E-state index contributed by atoms with van der Waals surface area (Å²) in [6.45, 7) is 0. The van der Waals surface area contributed by atoms with Crippen LogP contribution in [0.3, 0.4) is 0 Å². The van der Waals surface area contributed by atoms with Crippen molar-refractivity contribution in [2.75, 3.05) is 7.11 Å². The molecule has 0 saturated heterocycles. The van der Waals surface area contributed by atoms with Crippen LogP contribution in [-0.4, -0.2) is 12.1 Å². The van der Waals surface area contributed by atoms with E-state index in [9.17, 15) is 13.2 Å². The van der Waals surface area contributed by atoms with E-state index in [1.165, 1.54) is 7.11 Å². The highest BCUT2D eigenvalue weighted by atomic mass is 79.9. The Morgan fingerprint density at radius 3 is 2.64 bits per heavy atom. The van der Waals surface area contributed by atoms with Crippen LogP contribution in [0.15, 0.2) is 6.07 Å². The van der Waals surface area contributed by atoms with E-state index >= 15 is 0 Å². The lowest BCUT2D eigenvalue weighted by Gasteiger charge is -2.10. The van der Waals surface area contributed by atoms with E-state index < -0.39 is 12.4 Å². The number of methoxy groups -OCH3 is 1. The second-order valence-corrected chi connectivity index (χ2v) is 3.00. The molecule has 1 rings (SSSR count). The number of nitrogens with zero attached hydrogens (tertiary/aromatic N) is 1. The summed E-state index contributed by atoms with van der Waals surface area (Å²) in [4.78, 5) is 3.35. The lowest BCUT2D eigenvalue weighted by molar-refractivity contribution is 0.145. The number of ether oxygens (including phenoxy) is 1. The van der Waals surface area contributed by atoms with Crippen molar-refractivity contribution in [1.82, 2.24) is 4.98 Å². The number of alkyl halides is 3. The van der Waals surface area contributed by atoms with Crippen LogP contribution < -0.4 is 4.74 Å². The molecule has 0 aliphatic carbocycles. The van der Waals surface area contributed by atoms with Gasteiger partial charge in [0, 0.05) is 11.4 Å². The lowest BCUT2D eigenvalue weighted by Crippen LogP contribution is -2.02. The van der Waals surface area contributed by atoms with Gasteiger partial charge in [-0.15, -0.1) is 0 Å². The molecule has 0 fully saturated rings. The van der Waals surface area contributed by atoms with Crippen molar-refractivity contribution >= 4 is 15.9 Å². The second-order valence-electron chi connectivity index (χ2n) is 2.44. The molecule has 14 heavy (non-hydrogen) atoms. The van der Waals surface area contributed by atoms with Crippen molar-refractivity contribution in [2.24, 2.45) is 0 Å².